The van der Waals surface area contributed by atoms with Gasteiger partial charge < -0.3 is 10.1 Å². The number of halogens is 1. The summed E-state index contributed by atoms with van der Waals surface area (Å²) in [5.41, 5.74) is 0.404. The Morgan fingerprint density at radius 1 is 0.929 bits per heavy atom. The second kappa shape index (κ2) is 8.10. The van der Waals surface area contributed by atoms with Crippen molar-refractivity contribution in [2.24, 2.45) is 0 Å². The first-order valence-corrected chi connectivity index (χ1v) is 9.71. The van der Waals surface area contributed by atoms with Gasteiger partial charge in [-0.05, 0) is 42.5 Å². The number of hydrogen-bond acceptors (Lipinski definition) is 4. The second-order valence-corrected chi connectivity index (χ2v) is 7.45. The molecule has 0 aliphatic heterocycles. The van der Waals surface area contributed by atoms with Gasteiger partial charge in [-0.15, -0.1) is 0 Å². The SMILES string of the molecule is COc1ccccc1NC(=O)c1cccc(S(=O)(=O)Nc2ccccc2F)c1. The highest BCUT2D eigenvalue weighted by molar-refractivity contribution is 7.92. The summed E-state index contributed by atoms with van der Waals surface area (Å²) in [6.07, 6.45) is 0. The molecule has 2 N–H and O–H groups in total. The molecule has 0 heterocycles. The molecule has 144 valence electrons. The first kappa shape index (κ1) is 19.4. The van der Waals surface area contributed by atoms with E-state index in [9.17, 15) is 17.6 Å². The fourth-order valence-corrected chi connectivity index (χ4v) is 3.61. The number of amides is 1. The van der Waals surface area contributed by atoms with Gasteiger partial charge in [0.25, 0.3) is 15.9 Å². The third-order valence-electron chi connectivity index (χ3n) is 3.88. The van der Waals surface area contributed by atoms with Crippen LogP contribution in [0.3, 0.4) is 0 Å². The number of hydrogen-bond donors (Lipinski definition) is 2. The molecule has 3 rings (SSSR count). The van der Waals surface area contributed by atoms with Crippen LogP contribution in [0.25, 0.3) is 0 Å². The maximum absolute atomic E-state index is 13.8. The molecule has 8 heteroatoms. The summed E-state index contributed by atoms with van der Waals surface area (Å²) in [7, 11) is -2.59. The normalized spacial score (nSPS) is 10.9. The Labute approximate surface area is 162 Å². The summed E-state index contributed by atoms with van der Waals surface area (Å²) in [4.78, 5) is 12.4. The van der Waals surface area contributed by atoms with E-state index in [0.717, 1.165) is 6.07 Å². The van der Waals surface area contributed by atoms with Gasteiger partial charge in [-0.1, -0.05) is 30.3 Å². The van der Waals surface area contributed by atoms with Crippen molar-refractivity contribution in [2.45, 2.75) is 4.90 Å². The van der Waals surface area contributed by atoms with Gasteiger partial charge in [-0.3, -0.25) is 9.52 Å². The van der Waals surface area contributed by atoms with E-state index < -0.39 is 21.7 Å². The van der Waals surface area contributed by atoms with Gasteiger partial charge in [0.1, 0.15) is 11.6 Å². The van der Waals surface area contributed by atoms with Gasteiger partial charge in [0.05, 0.1) is 23.4 Å². The molecule has 3 aromatic carbocycles. The maximum Gasteiger partial charge on any atom is 0.262 e. The van der Waals surface area contributed by atoms with Crippen molar-refractivity contribution < 1.29 is 22.3 Å². The van der Waals surface area contributed by atoms with Gasteiger partial charge >= 0.3 is 0 Å². The molecule has 1 amide bonds. The quantitative estimate of drug-likeness (QED) is 0.658. The standard InChI is InChI=1S/C20H17FN2O4S/c1-27-19-12-5-4-11-18(19)22-20(24)14-7-6-8-15(13-14)28(25,26)23-17-10-3-2-9-16(17)21/h2-13,23H,1H3,(H,22,24). The highest BCUT2D eigenvalue weighted by atomic mass is 32.2. The van der Waals surface area contributed by atoms with Crippen LogP contribution in [0.5, 0.6) is 5.75 Å². The summed E-state index contributed by atoms with van der Waals surface area (Å²) in [5, 5.41) is 2.68. The van der Waals surface area contributed by atoms with Gasteiger partial charge in [-0.25, -0.2) is 12.8 Å². The number of carbonyl (C=O) groups is 1. The Balaban J connectivity index is 1.85. The van der Waals surface area contributed by atoms with E-state index in [2.05, 4.69) is 10.0 Å². The molecule has 6 nitrogen and oxygen atoms in total. The van der Waals surface area contributed by atoms with Gasteiger partial charge in [0, 0.05) is 5.56 Å². The first-order chi connectivity index (χ1) is 13.4. The minimum absolute atomic E-state index is 0.127. The molecule has 0 fully saturated rings. The van der Waals surface area contributed by atoms with Crippen LogP contribution < -0.4 is 14.8 Å². The lowest BCUT2D eigenvalue weighted by Crippen LogP contribution is -2.16. The Kier molecular flexibility index (Phi) is 5.60. The highest BCUT2D eigenvalue weighted by Gasteiger charge is 2.18. The molecule has 0 aliphatic rings. The van der Waals surface area contributed by atoms with E-state index in [-0.39, 0.29) is 16.1 Å². The number of benzene rings is 3. The Morgan fingerprint density at radius 3 is 2.32 bits per heavy atom. The van der Waals surface area contributed by atoms with Crippen molar-refractivity contribution in [3.63, 3.8) is 0 Å². The predicted octanol–water partition coefficient (Wildman–Crippen LogP) is 3.89. The van der Waals surface area contributed by atoms with E-state index in [1.807, 2.05) is 0 Å². The number of anilines is 2. The zero-order valence-electron chi connectivity index (χ0n) is 14.8. The van der Waals surface area contributed by atoms with E-state index in [0.29, 0.717) is 11.4 Å². The minimum atomic E-state index is -4.07. The van der Waals surface area contributed by atoms with Crippen LogP contribution in [0.1, 0.15) is 10.4 Å². The number of carbonyl (C=O) groups excluding carboxylic acids is 1. The van der Waals surface area contributed by atoms with Crippen molar-refractivity contribution in [2.75, 3.05) is 17.1 Å². The molecule has 0 bridgehead atoms. The fourth-order valence-electron chi connectivity index (χ4n) is 2.49. The number of nitrogens with one attached hydrogen (secondary N) is 2. The lowest BCUT2D eigenvalue weighted by atomic mass is 10.2. The van der Waals surface area contributed by atoms with Crippen molar-refractivity contribution >= 4 is 27.3 Å². The molecule has 0 radical (unpaired) electrons. The molecule has 0 saturated carbocycles. The number of methoxy groups -OCH3 is 1. The molecular formula is C20H17FN2O4S. The second-order valence-electron chi connectivity index (χ2n) is 5.77. The van der Waals surface area contributed by atoms with E-state index in [4.69, 9.17) is 4.74 Å². The Bertz CT molecular complexity index is 1120. The Hall–Kier alpha value is -3.39. The van der Waals surface area contributed by atoms with Crippen LogP contribution in [0.2, 0.25) is 0 Å². The zero-order valence-corrected chi connectivity index (χ0v) is 15.7. The molecule has 0 saturated heterocycles. The largest absolute Gasteiger partial charge is 0.495 e. The summed E-state index contributed by atoms with van der Waals surface area (Å²) < 4.78 is 46.2. The molecule has 0 unspecified atom stereocenters. The van der Waals surface area contributed by atoms with Crippen LogP contribution in [0, 0.1) is 5.82 Å². The van der Waals surface area contributed by atoms with Crippen molar-refractivity contribution in [3.8, 4) is 5.75 Å². The van der Waals surface area contributed by atoms with Crippen LogP contribution in [0.15, 0.2) is 77.7 Å². The number of para-hydroxylation sites is 3. The first-order valence-electron chi connectivity index (χ1n) is 8.22. The molecular weight excluding hydrogens is 383 g/mol. The average molecular weight is 400 g/mol. The summed E-state index contributed by atoms with van der Waals surface area (Å²) in [6.45, 7) is 0. The maximum atomic E-state index is 13.8. The Morgan fingerprint density at radius 2 is 1.61 bits per heavy atom. The van der Waals surface area contributed by atoms with Crippen LogP contribution in [-0.2, 0) is 10.0 Å². The molecule has 3 aromatic rings. The average Bonchev–Trinajstić information content (AvgIpc) is 2.70. The van der Waals surface area contributed by atoms with Crippen molar-refractivity contribution in [3.05, 3.63) is 84.2 Å². The number of sulfonamides is 1. The van der Waals surface area contributed by atoms with Gasteiger partial charge in [0.15, 0.2) is 0 Å². The number of rotatable bonds is 6. The molecule has 0 atom stereocenters. The lowest BCUT2D eigenvalue weighted by molar-refractivity contribution is 0.102. The third kappa shape index (κ3) is 4.29. The summed E-state index contributed by atoms with van der Waals surface area (Å²) >= 11 is 0. The van der Waals surface area contributed by atoms with Gasteiger partial charge in [-0.2, -0.15) is 0 Å². The topological polar surface area (TPSA) is 84.5 Å². The molecule has 0 aromatic heterocycles. The van der Waals surface area contributed by atoms with E-state index in [1.165, 1.54) is 49.6 Å². The van der Waals surface area contributed by atoms with Crippen LogP contribution in [0.4, 0.5) is 15.8 Å². The fraction of sp³-hybridized carbons (Fsp3) is 0.0500. The van der Waals surface area contributed by atoms with E-state index >= 15 is 0 Å². The van der Waals surface area contributed by atoms with E-state index in [1.54, 1.807) is 24.3 Å². The monoisotopic (exact) mass is 400 g/mol. The third-order valence-corrected chi connectivity index (χ3v) is 5.24. The molecule has 28 heavy (non-hydrogen) atoms. The molecule has 0 spiro atoms. The smallest absolute Gasteiger partial charge is 0.262 e. The van der Waals surface area contributed by atoms with Gasteiger partial charge in [0.2, 0.25) is 0 Å². The summed E-state index contributed by atoms with van der Waals surface area (Å²) in [5.74, 6) is -0.732. The van der Waals surface area contributed by atoms with Crippen LogP contribution >= 0.6 is 0 Å². The minimum Gasteiger partial charge on any atom is -0.495 e. The van der Waals surface area contributed by atoms with Crippen LogP contribution in [-0.4, -0.2) is 21.4 Å². The highest BCUT2D eigenvalue weighted by Crippen LogP contribution is 2.24. The number of ether oxygens (including phenoxy) is 1. The van der Waals surface area contributed by atoms with Crippen molar-refractivity contribution in [1.82, 2.24) is 0 Å². The summed E-state index contributed by atoms with van der Waals surface area (Å²) in [6, 6.07) is 17.7. The van der Waals surface area contributed by atoms with Crippen molar-refractivity contribution in [1.29, 1.82) is 0 Å². The lowest BCUT2D eigenvalue weighted by Gasteiger charge is -2.12. The predicted molar refractivity (Wildman–Crippen MR) is 105 cm³/mol. The zero-order chi connectivity index (χ0) is 20.1. The molecule has 0 aliphatic carbocycles.